The number of benzene rings is 2. The van der Waals surface area contributed by atoms with E-state index in [9.17, 15) is 14.7 Å². The first-order valence-corrected chi connectivity index (χ1v) is 11.8. The zero-order valence-electron chi connectivity index (χ0n) is 18.4. The Morgan fingerprint density at radius 2 is 1.78 bits per heavy atom. The van der Waals surface area contributed by atoms with Gasteiger partial charge in [0.05, 0.1) is 12.0 Å². The van der Waals surface area contributed by atoms with E-state index >= 15 is 0 Å². The minimum Gasteiger partial charge on any atom is -0.385 e. The number of anilines is 1. The van der Waals surface area contributed by atoms with Crippen molar-refractivity contribution in [1.29, 1.82) is 0 Å². The molecule has 0 aromatic heterocycles. The predicted octanol–water partition coefficient (Wildman–Crippen LogP) is 3.44. The Hall–Kier alpha value is -2.86. The summed E-state index contributed by atoms with van der Waals surface area (Å²) in [7, 11) is 0. The SMILES string of the molecule is O=C1NCCN1c1ccc(CC(=O)N2CC[C@](O)(c3ccccc3)[C@H]3CCCCC32)cc1. The second-order valence-electron chi connectivity index (χ2n) is 9.31. The molecule has 5 rings (SSSR count). The molecule has 168 valence electrons. The molecule has 6 heteroatoms. The van der Waals surface area contributed by atoms with Crippen LogP contribution in [0.1, 0.15) is 43.2 Å². The third kappa shape index (κ3) is 3.77. The van der Waals surface area contributed by atoms with Crippen LogP contribution in [0.5, 0.6) is 0 Å². The molecule has 3 amide bonds. The van der Waals surface area contributed by atoms with E-state index in [0.29, 0.717) is 32.5 Å². The minimum absolute atomic E-state index is 0.0728. The quantitative estimate of drug-likeness (QED) is 0.776. The van der Waals surface area contributed by atoms with Crippen LogP contribution in [-0.4, -0.2) is 47.6 Å². The van der Waals surface area contributed by atoms with Gasteiger partial charge in [0.25, 0.3) is 0 Å². The van der Waals surface area contributed by atoms with E-state index in [1.54, 1.807) is 4.90 Å². The number of aliphatic hydroxyl groups is 1. The van der Waals surface area contributed by atoms with Crippen LogP contribution in [0.3, 0.4) is 0 Å². The predicted molar refractivity (Wildman–Crippen MR) is 123 cm³/mol. The highest BCUT2D eigenvalue weighted by Gasteiger charge is 2.50. The van der Waals surface area contributed by atoms with Crippen LogP contribution < -0.4 is 10.2 Å². The lowest BCUT2D eigenvalue weighted by Gasteiger charge is -2.52. The summed E-state index contributed by atoms with van der Waals surface area (Å²) in [4.78, 5) is 28.9. The number of carbonyl (C=O) groups excluding carboxylic acids is 2. The zero-order chi connectivity index (χ0) is 22.1. The van der Waals surface area contributed by atoms with Gasteiger partial charge >= 0.3 is 6.03 Å². The molecule has 0 radical (unpaired) electrons. The summed E-state index contributed by atoms with van der Waals surface area (Å²) >= 11 is 0. The fourth-order valence-electron chi connectivity index (χ4n) is 5.87. The Bertz CT molecular complexity index is 978. The molecule has 0 bridgehead atoms. The maximum absolute atomic E-state index is 13.3. The Morgan fingerprint density at radius 1 is 1.03 bits per heavy atom. The van der Waals surface area contributed by atoms with Gasteiger partial charge in [-0.25, -0.2) is 4.79 Å². The second-order valence-corrected chi connectivity index (χ2v) is 9.31. The van der Waals surface area contributed by atoms with Crippen LogP contribution in [-0.2, 0) is 16.8 Å². The van der Waals surface area contributed by atoms with Crippen LogP contribution in [0, 0.1) is 5.92 Å². The molecule has 1 saturated carbocycles. The van der Waals surface area contributed by atoms with Gasteiger partial charge in [-0.1, -0.05) is 55.3 Å². The number of fused-ring (bicyclic) bond motifs is 1. The Kier molecular flexibility index (Phi) is 5.64. The van der Waals surface area contributed by atoms with E-state index < -0.39 is 5.60 Å². The number of hydrogen-bond acceptors (Lipinski definition) is 3. The molecule has 1 unspecified atom stereocenters. The van der Waals surface area contributed by atoms with E-state index in [1.807, 2.05) is 59.5 Å². The molecular formula is C26H31N3O3. The van der Waals surface area contributed by atoms with Gasteiger partial charge in [0.2, 0.25) is 5.91 Å². The number of likely N-dealkylation sites (tertiary alicyclic amines) is 1. The Balaban J connectivity index is 1.31. The highest BCUT2D eigenvalue weighted by atomic mass is 16.3. The number of hydrogen-bond donors (Lipinski definition) is 2. The number of rotatable bonds is 4. The first-order valence-electron chi connectivity index (χ1n) is 11.8. The van der Waals surface area contributed by atoms with Crippen LogP contribution in [0.25, 0.3) is 0 Å². The summed E-state index contributed by atoms with van der Waals surface area (Å²) in [5, 5.41) is 14.5. The molecule has 3 atom stereocenters. The molecule has 1 aliphatic carbocycles. The molecule has 3 fully saturated rings. The highest BCUT2D eigenvalue weighted by Crippen LogP contribution is 2.47. The largest absolute Gasteiger partial charge is 0.385 e. The molecule has 3 aliphatic rings. The minimum atomic E-state index is -0.860. The van der Waals surface area contributed by atoms with Gasteiger partial charge in [0, 0.05) is 37.3 Å². The van der Waals surface area contributed by atoms with Gasteiger partial charge in [-0.3, -0.25) is 9.69 Å². The van der Waals surface area contributed by atoms with Crippen molar-refractivity contribution in [1.82, 2.24) is 10.2 Å². The first-order chi connectivity index (χ1) is 15.6. The highest BCUT2D eigenvalue weighted by molar-refractivity contribution is 5.94. The van der Waals surface area contributed by atoms with Gasteiger partial charge in [0.15, 0.2) is 0 Å². The molecule has 2 aromatic carbocycles. The third-order valence-electron chi connectivity index (χ3n) is 7.53. The molecule has 2 aromatic rings. The molecule has 6 nitrogen and oxygen atoms in total. The van der Waals surface area contributed by atoms with Crippen molar-refractivity contribution < 1.29 is 14.7 Å². The normalized spacial score (nSPS) is 27.7. The summed E-state index contributed by atoms with van der Waals surface area (Å²) in [6, 6.07) is 17.7. The third-order valence-corrected chi connectivity index (χ3v) is 7.53. The first kappa shape index (κ1) is 21.0. The summed E-state index contributed by atoms with van der Waals surface area (Å²) in [6.07, 6.45) is 5.03. The molecule has 32 heavy (non-hydrogen) atoms. The van der Waals surface area contributed by atoms with Gasteiger partial charge < -0.3 is 15.3 Å². The summed E-state index contributed by atoms with van der Waals surface area (Å²) in [5.41, 5.74) is 1.93. The lowest BCUT2D eigenvalue weighted by molar-refractivity contribution is -0.154. The summed E-state index contributed by atoms with van der Waals surface area (Å²) in [6.45, 7) is 1.90. The average molecular weight is 434 g/mol. The number of nitrogens with zero attached hydrogens (tertiary/aromatic N) is 2. The van der Waals surface area contributed by atoms with Crippen LogP contribution in [0.4, 0.5) is 10.5 Å². The van der Waals surface area contributed by atoms with Gasteiger partial charge in [-0.05, 0) is 42.5 Å². The number of amides is 3. The van der Waals surface area contributed by atoms with Gasteiger partial charge in [-0.2, -0.15) is 0 Å². The fraction of sp³-hybridized carbons (Fsp3) is 0.462. The number of urea groups is 1. The van der Waals surface area contributed by atoms with Crippen molar-refractivity contribution in [3.8, 4) is 0 Å². The van der Waals surface area contributed by atoms with Gasteiger partial charge in [0.1, 0.15) is 0 Å². The van der Waals surface area contributed by atoms with Crippen LogP contribution in [0.2, 0.25) is 0 Å². The molecule has 2 aliphatic heterocycles. The molecule has 2 heterocycles. The number of piperidine rings is 1. The standard InChI is InChI=1S/C26H31N3O3/c30-24(18-19-10-12-21(13-11-19)28-17-15-27-25(28)31)29-16-14-26(32,20-6-2-1-3-7-20)22-8-4-5-9-23(22)29/h1-3,6-7,10-13,22-23,32H,4-5,8-9,14-18H2,(H,27,31)/t22-,23?,26-/m0/s1. The molecule has 0 spiro atoms. The van der Waals surface area contributed by atoms with E-state index in [2.05, 4.69) is 5.32 Å². The molecule has 2 N–H and O–H groups in total. The van der Waals surface area contributed by atoms with E-state index in [-0.39, 0.29) is 23.9 Å². The lowest BCUT2D eigenvalue weighted by Crippen LogP contribution is -2.59. The van der Waals surface area contributed by atoms with Crippen molar-refractivity contribution in [2.75, 3.05) is 24.5 Å². The second kappa shape index (κ2) is 8.58. The lowest BCUT2D eigenvalue weighted by atomic mass is 9.66. The maximum Gasteiger partial charge on any atom is 0.321 e. The maximum atomic E-state index is 13.3. The zero-order valence-corrected chi connectivity index (χ0v) is 18.4. The van der Waals surface area contributed by atoms with Crippen LogP contribution in [0.15, 0.2) is 54.6 Å². The number of carbonyl (C=O) groups is 2. The molecule has 2 saturated heterocycles. The van der Waals surface area contributed by atoms with Gasteiger partial charge in [-0.15, -0.1) is 0 Å². The summed E-state index contributed by atoms with van der Waals surface area (Å²) in [5.74, 6) is 0.205. The Morgan fingerprint density at radius 3 is 2.50 bits per heavy atom. The monoisotopic (exact) mass is 433 g/mol. The van der Waals surface area contributed by atoms with E-state index in [0.717, 1.165) is 42.5 Å². The topological polar surface area (TPSA) is 72.9 Å². The fourth-order valence-corrected chi connectivity index (χ4v) is 5.87. The van der Waals surface area contributed by atoms with Crippen LogP contribution >= 0.6 is 0 Å². The van der Waals surface area contributed by atoms with Crippen molar-refractivity contribution >= 4 is 17.6 Å². The summed E-state index contributed by atoms with van der Waals surface area (Å²) < 4.78 is 0. The van der Waals surface area contributed by atoms with E-state index in [4.69, 9.17) is 0 Å². The molecular weight excluding hydrogens is 402 g/mol. The van der Waals surface area contributed by atoms with Crippen molar-refractivity contribution in [2.24, 2.45) is 5.92 Å². The van der Waals surface area contributed by atoms with Crippen molar-refractivity contribution in [3.63, 3.8) is 0 Å². The van der Waals surface area contributed by atoms with E-state index in [1.165, 1.54) is 0 Å². The smallest absolute Gasteiger partial charge is 0.321 e. The van der Waals surface area contributed by atoms with Crippen molar-refractivity contribution in [2.45, 2.75) is 50.2 Å². The number of nitrogens with one attached hydrogen (secondary N) is 1. The average Bonchev–Trinajstić information content (AvgIpc) is 3.26. The van der Waals surface area contributed by atoms with Crippen molar-refractivity contribution in [3.05, 3.63) is 65.7 Å². The Labute approximate surface area is 189 Å².